The topological polar surface area (TPSA) is 81.8 Å². The van der Waals surface area contributed by atoms with Crippen LogP contribution in [0.2, 0.25) is 0 Å². The zero-order valence-electron chi connectivity index (χ0n) is 18.1. The zero-order chi connectivity index (χ0) is 21.6. The van der Waals surface area contributed by atoms with Crippen LogP contribution in [0.5, 0.6) is 5.75 Å². The van der Waals surface area contributed by atoms with Crippen molar-refractivity contribution in [2.45, 2.75) is 20.0 Å². The molecule has 0 atom stereocenters. The Kier molecular flexibility index (Phi) is 6.35. The maximum atomic E-state index is 10.2. The molecule has 8 nitrogen and oxygen atoms in total. The van der Waals surface area contributed by atoms with Gasteiger partial charge in [0.2, 0.25) is 0 Å². The molecule has 31 heavy (non-hydrogen) atoms. The van der Waals surface area contributed by atoms with E-state index in [-0.39, 0.29) is 0 Å². The molecule has 2 aromatic carbocycles. The number of hydrogen-bond acceptors (Lipinski definition) is 5. The Morgan fingerprint density at radius 2 is 1.71 bits per heavy atom. The zero-order valence-corrected chi connectivity index (χ0v) is 18.1. The Bertz CT molecular complexity index is 1020. The number of aryl methyl sites for hydroxylation is 1. The summed E-state index contributed by atoms with van der Waals surface area (Å²) in [6, 6.07) is 17.8. The fourth-order valence-corrected chi connectivity index (χ4v) is 3.67. The number of phenolic OH excluding ortho intramolecular Hbond substituents is 1. The van der Waals surface area contributed by atoms with Gasteiger partial charge in [-0.25, -0.2) is 4.99 Å². The summed E-state index contributed by atoms with van der Waals surface area (Å²) in [7, 11) is 1.97. The second kappa shape index (κ2) is 9.51. The molecular formula is C23H29N7O. The van der Waals surface area contributed by atoms with Crippen molar-refractivity contribution in [1.29, 1.82) is 0 Å². The molecule has 1 aliphatic rings. The third-order valence-corrected chi connectivity index (χ3v) is 5.64. The van der Waals surface area contributed by atoms with E-state index in [2.05, 4.69) is 37.4 Å². The molecule has 0 bridgehead atoms. The summed E-state index contributed by atoms with van der Waals surface area (Å²) in [5.41, 5.74) is 2.05. The standard InChI is InChI=1S/C23H29N7O/c1-18-26-27-22(28(18)2)17-25-23(24-16-19-8-4-3-5-9-19)30-14-12-29(13-15-30)20-10-6-7-11-21(20)31/h3-11,31H,12-17H2,1-2H3,(H,24,25). The number of rotatable bonds is 5. The fourth-order valence-electron chi connectivity index (χ4n) is 3.67. The molecule has 3 aromatic rings. The van der Waals surface area contributed by atoms with E-state index in [1.165, 1.54) is 5.56 Å². The lowest BCUT2D eigenvalue weighted by molar-refractivity contribution is 0.368. The number of piperazine rings is 1. The Balaban J connectivity index is 1.46. The van der Waals surface area contributed by atoms with Crippen molar-refractivity contribution in [3.05, 3.63) is 71.8 Å². The van der Waals surface area contributed by atoms with E-state index in [9.17, 15) is 5.11 Å². The summed E-state index contributed by atoms with van der Waals surface area (Å²) < 4.78 is 1.98. The van der Waals surface area contributed by atoms with Gasteiger partial charge in [-0.05, 0) is 24.6 Å². The van der Waals surface area contributed by atoms with Crippen molar-refractivity contribution in [2.24, 2.45) is 12.0 Å². The summed E-state index contributed by atoms with van der Waals surface area (Å²) in [4.78, 5) is 9.37. The number of guanidine groups is 1. The van der Waals surface area contributed by atoms with Crippen LogP contribution in [-0.2, 0) is 20.1 Å². The molecule has 0 spiro atoms. The molecule has 4 rings (SSSR count). The quantitative estimate of drug-likeness (QED) is 0.488. The van der Waals surface area contributed by atoms with Crippen LogP contribution in [0, 0.1) is 6.92 Å². The highest BCUT2D eigenvalue weighted by molar-refractivity contribution is 5.80. The van der Waals surface area contributed by atoms with E-state index in [0.717, 1.165) is 49.5 Å². The highest BCUT2D eigenvalue weighted by Crippen LogP contribution is 2.27. The second-order valence-corrected chi connectivity index (χ2v) is 7.66. The monoisotopic (exact) mass is 419 g/mol. The number of aliphatic imine (C=N–C) groups is 1. The second-order valence-electron chi connectivity index (χ2n) is 7.66. The smallest absolute Gasteiger partial charge is 0.194 e. The van der Waals surface area contributed by atoms with Crippen molar-refractivity contribution >= 4 is 11.6 Å². The molecule has 1 saturated heterocycles. The molecule has 0 amide bonds. The minimum atomic E-state index is 0.324. The van der Waals surface area contributed by atoms with Crippen LogP contribution in [0.25, 0.3) is 0 Å². The maximum absolute atomic E-state index is 10.2. The molecule has 2 heterocycles. The van der Waals surface area contributed by atoms with E-state index in [4.69, 9.17) is 4.99 Å². The minimum Gasteiger partial charge on any atom is -0.506 e. The lowest BCUT2D eigenvalue weighted by Crippen LogP contribution is -2.52. The van der Waals surface area contributed by atoms with Gasteiger partial charge in [0.05, 0.1) is 18.8 Å². The average Bonchev–Trinajstić information content (AvgIpc) is 3.13. The van der Waals surface area contributed by atoms with Crippen LogP contribution >= 0.6 is 0 Å². The first-order valence-corrected chi connectivity index (χ1v) is 10.6. The van der Waals surface area contributed by atoms with Crippen molar-refractivity contribution in [2.75, 3.05) is 31.1 Å². The van der Waals surface area contributed by atoms with Crippen molar-refractivity contribution in [3.8, 4) is 5.75 Å². The highest BCUT2D eigenvalue weighted by Gasteiger charge is 2.22. The summed E-state index contributed by atoms with van der Waals surface area (Å²) >= 11 is 0. The van der Waals surface area contributed by atoms with Gasteiger partial charge in [-0.15, -0.1) is 10.2 Å². The minimum absolute atomic E-state index is 0.324. The van der Waals surface area contributed by atoms with Crippen molar-refractivity contribution < 1.29 is 5.11 Å². The number of benzene rings is 2. The number of nitrogens with zero attached hydrogens (tertiary/aromatic N) is 6. The van der Waals surface area contributed by atoms with Gasteiger partial charge in [0.25, 0.3) is 0 Å². The molecule has 1 aromatic heterocycles. The third-order valence-electron chi connectivity index (χ3n) is 5.64. The van der Waals surface area contributed by atoms with Crippen molar-refractivity contribution in [1.82, 2.24) is 25.0 Å². The van der Waals surface area contributed by atoms with Crippen LogP contribution in [0.3, 0.4) is 0 Å². The van der Waals surface area contributed by atoms with E-state index in [1.54, 1.807) is 6.07 Å². The molecule has 0 unspecified atom stereocenters. The maximum Gasteiger partial charge on any atom is 0.194 e. The van der Waals surface area contributed by atoms with E-state index in [1.807, 2.05) is 54.9 Å². The molecule has 1 aliphatic heterocycles. The molecule has 0 aliphatic carbocycles. The Morgan fingerprint density at radius 1 is 1.00 bits per heavy atom. The Hall–Kier alpha value is -3.55. The summed E-state index contributed by atoms with van der Waals surface area (Å²) in [6.07, 6.45) is 0. The van der Waals surface area contributed by atoms with Crippen molar-refractivity contribution in [3.63, 3.8) is 0 Å². The summed E-state index contributed by atoms with van der Waals surface area (Å²) in [5, 5.41) is 22.1. The van der Waals surface area contributed by atoms with Crippen LogP contribution in [-0.4, -0.2) is 56.9 Å². The molecule has 2 N–H and O–H groups in total. The largest absolute Gasteiger partial charge is 0.506 e. The lowest BCUT2D eigenvalue weighted by atomic mass is 10.2. The fraction of sp³-hybridized carbons (Fsp3) is 0.348. The van der Waals surface area contributed by atoms with Gasteiger partial charge in [-0.1, -0.05) is 42.5 Å². The van der Waals surface area contributed by atoms with Crippen LogP contribution < -0.4 is 10.2 Å². The number of aromatic hydroxyl groups is 1. The molecule has 8 heteroatoms. The number of phenols is 1. The van der Waals surface area contributed by atoms with E-state index < -0.39 is 0 Å². The van der Waals surface area contributed by atoms with Crippen LogP contribution in [0.4, 0.5) is 5.69 Å². The first-order chi connectivity index (χ1) is 15.1. The molecule has 0 radical (unpaired) electrons. The number of para-hydroxylation sites is 2. The van der Waals surface area contributed by atoms with Gasteiger partial charge in [-0.2, -0.15) is 0 Å². The number of nitrogens with one attached hydrogen (secondary N) is 1. The van der Waals surface area contributed by atoms with Gasteiger partial charge in [0.15, 0.2) is 11.8 Å². The van der Waals surface area contributed by atoms with Gasteiger partial charge < -0.3 is 24.8 Å². The average molecular weight is 420 g/mol. The van der Waals surface area contributed by atoms with Gasteiger partial charge in [-0.3, -0.25) is 0 Å². The first-order valence-electron chi connectivity index (χ1n) is 10.6. The van der Waals surface area contributed by atoms with E-state index >= 15 is 0 Å². The summed E-state index contributed by atoms with van der Waals surface area (Å²) in [5.74, 6) is 2.94. The van der Waals surface area contributed by atoms with Crippen LogP contribution in [0.1, 0.15) is 17.2 Å². The SMILES string of the molecule is Cc1nnc(CNC(=NCc2ccccc2)N2CCN(c3ccccc3O)CC2)n1C. The first kappa shape index (κ1) is 20.7. The number of hydrogen-bond donors (Lipinski definition) is 2. The predicted molar refractivity (Wildman–Crippen MR) is 122 cm³/mol. The number of anilines is 1. The summed E-state index contributed by atoms with van der Waals surface area (Å²) in [6.45, 7) is 6.36. The Labute approximate surface area is 182 Å². The normalized spacial score (nSPS) is 14.7. The Morgan fingerprint density at radius 3 is 2.39 bits per heavy atom. The third kappa shape index (κ3) is 4.96. The van der Waals surface area contributed by atoms with Gasteiger partial charge in [0, 0.05) is 33.2 Å². The van der Waals surface area contributed by atoms with E-state index in [0.29, 0.717) is 18.8 Å². The molecular weight excluding hydrogens is 390 g/mol. The molecule has 0 saturated carbocycles. The predicted octanol–water partition coefficient (Wildman–Crippen LogP) is 2.30. The molecule has 1 fully saturated rings. The lowest BCUT2D eigenvalue weighted by Gasteiger charge is -2.38. The highest BCUT2D eigenvalue weighted by atomic mass is 16.3. The molecule has 162 valence electrons. The van der Waals surface area contributed by atoms with Gasteiger partial charge >= 0.3 is 0 Å². The van der Waals surface area contributed by atoms with Gasteiger partial charge in [0.1, 0.15) is 11.6 Å². The number of aromatic nitrogens is 3. The van der Waals surface area contributed by atoms with Crippen LogP contribution in [0.15, 0.2) is 59.6 Å².